The van der Waals surface area contributed by atoms with Crippen LogP contribution >= 0.6 is 11.6 Å². The Morgan fingerprint density at radius 2 is 1.83 bits per heavy atom. The van der Waals surface area contributed by atoms with Crippen LogP contribution in [0.4, 0.5) is 0 Å². The number of ether oxygens (including phenoxy) is 2. The molecule has 0 saturated carbocycles. The number of hydrogen-bond acceptors (Lipinski definition) is 4. The monoisotopic (exact) mass is 270 g/mol. The van der Waals surface area contributed by atoms with E-state index in [2.05, 4.69) is 11.3 Å². The predicted molar refractivity (Wildman–Crippen MR) is 68.1 cm³/mol. The van der Waals surface area contributed by atoms with Gasteiger partial charge in [-0.3, -0.25) is 4.79 Å². The summed E-state index contributed by atoms with van der Waals surface area (Å²) >= 11 is 5.76. The molecular formula is C13H15ClO4. The van der Waals surface area contributed by atoms with E-state index in [0.29, 0.717) is 10.6 Å². The third-order valence-corrected chi connectivity index (χ3v) is 2.84. The Labute approximate surface area is 111 Å². The average Bonchev–Trinajstić information content (AvgIpc) is 2.39. The highest BCUT2D eigenvalue weighted by Crippen LogP contribution is 2.29. The lowest BCUT2D eigenvalue weighted by molar-refractivity contribution is -0.149. The number of carbonyl (C=O) groups is 1. The Bertz CT molecular complexity index is 411. The van der Waals surface area contributed by atoms with Crippen molar-refractivity contribution in [3.63, 3.8) is 0 Å². The van der Waals surface area contributed by atoms with Crippen LogP contribution in [0.2, 0.25) is 5.02 Å². The van der Waals surface area contributed by atoms with E-state index < -0.39 is 18.0 Å². The number of esters is 1. The molecule has 0 radical (unpaired) electrons. The maximum absolute atomic E-state index is 11.6. The number of methoxy groups -OCH3 is 2. The predicted octanol–water partition coefficient (Wildman–Crippen LogP) is 2.32. The fourth-order valence-corrected chi connectivity index (χ4v) is 1.67. The Hall–Kier alpha value is -1.52. The van der Waals surface area contributed by atoms with Crippen LogP contribution in [0.3, 0.4) is 0 Å². The molecule has 1 rings (SSSR count). The Morgan fingerprint density at radius 1 is 1.28 bits per heavy atom. The van der Waals surface area contributed by atoms with Gasteiger partial charge < -0.3 is 14.6 Å². The first-order valence-electron chi connectivity index (χ1n) is 5.25. The molecule has 0 aliphatic rings. The van der Waals surface area contributed by atoms with Crippen molar-refractivity contribution >= 4 is 17.6 Å². The highest BCUT2D eigenvalue weighted by Gasteiger charge is 2.32. The SMILES string of the molecule is C=C(OC)[C@@H](C(=O)OC)[C@@H](O)c1ccc(Cl)cc1. The van der Waals surface area contributed by atoms with Gasteiger partial charge in [-0.25, -0.2) is 0 Å². The van der Waals surface area contributed by atoms with Crippen molar-refractivity contribution in [2.75, 3.05) is 14.2 Å². The van der Waals surface area contributed by atoms with Crippen LogP contribution in [0.25, 0.3) is 0 Å². The standard InChI is InChI=1S/C13H15ClO4/c1-8(17-2)11(13(16)18-3)12(15)9-4-6-10(14)7-5-9/h4-7,11-12,15H,1H2,2-3H3/t11-,12+/m1/s1. The van der Waals surface area contributed by atoms with Crippen molar-refractivity contribution in [2.45, 2.75) is 6.10 Å². The van der Waals surface area contributed by atoms with Gasteiger partial charge in [-0.05, 0) is 17.7 Å². The highest BCUT2D eigenvalue weighted by atomic mass is 35.5. The molecule has 1 aromatic rings. The maximum Gasteiger partial charge on any atom is 0.319 e. The lowest BCUT2D eigenvalue weighted by atomic mass is 9.94. The van der Waals surface area contributed by atoms with Crippen molar-refractivity contribution in [2.24, 2.45) is 5.92 Å². The zero-order chi connectivity index (χ0) is 13.7. The number of carbonyl (C=O) groups excluding carboxylic acids is 1. The topological polar surface area (TPSA) is 55.8 Å². The van der Waals surface area contributed by atoms with E-state index in [1.54, 1.807) is 24.3 Å². The minimum Gasteiger partial charge on any atom is -0.501 e. The van der Waals surface area contributed by atoms with Crippen LogP contribution in [-0.4, -0.2) is 25.3 Å². The van der Waals surface area contributed by atoms with Gasteiger partial charge in [0.1, 0.15) is 11.7 Å². The molecule has 18 heavy (non-hydrogen) atoms. The lowest BCUT2D eigenvalue weighted by Crippen LogP contribution is -2.26. The first-order chi connectivity index (χ1) is 8.51. The molecule has 1 aromatic carbocycles. The van der Waals surface area contributed by atoms with Gasteiger partial charge >= 0.3 is 5.97 Å². The van der Waals surface area contributed by atoms with Crippen molar-refractivity contribution in [1.29, 1.82) is 0 Å². The van der Waals surface area contributed by atoms with Crippen LogP contribution in [-0.2, 0) is 14.3 Å². The highest BCUT2D eigenvalue weighted by molar-refractivity contribution is 6.30. The normalized spacial score (nSPS) is 13.6. The number of aliphatic hydroxyl groups is 1. The molecule has 1 N–H and O–H groups in total. The van der Waals surface area contributed by atoms with Crippen molar-refractivity contribution < 1.29 is 19.4 Å². The molecule has 0 bridgehead atoms. The second-order valence-electron chi connectivity index (χ2n) is 3.67. The summed E-state index contributed by atoms with van der Waals surface area (Å²) in [6, 6.07) is 6.52. The van der Waals surface area contributed by atoms with Gasteiger partial charge in [0.15, 0.2) is 0 Å². The summed E-state index contributed by atoms with van der Waals surface area (Å²) in [6.45, 7) is 3.60. The fraction of sp³-hybridized carbons (Fsp3) is 0.308. The zero-order valence-electron chi connectivity index (χ0n) is 10.2. The first-order valence-corrected chi connectivity index (χ1v) is 5.63. The fourth-order valence-electron chi connectivity index (χ4n) is 1.54. The minimum atomic E-state index is -1.10. The number of benzene rings is 1. The van der Waals surface area contributed by atoms with Gasteiger partial charge in [-0.2, -0.15) is 0 Å². The Balaban J connectivity index is 3.02. The molecule has 2 atom stereocenters. The molecule has 4 nitrogen and oxygen atoms in total. The Morgan fingerprint density at radius 3 is 2.28 bits per heavy atom. The Kier molecular flexibility index (Phi) is 5.19. The molecule has 0 fully saturated rings. The summed E-state index contributed by atoms with van der Waals surface area (Å²) < 4.78 is 9.56. The first kappa shape index (κ1) is 14.5. The summed E-state index contributed by atoms with van der Waals surface area (Å²) in [7, 11) is 2.62. The molecule has 0 spiro atoms. The van der Waals surface area contributed by atoms with E-state index in [4.69, 9.17) is 16.3 Å². The lowest BCUT2D eigenvalue weighted by Gasteiger charge is -2.22. The number of rotatable bonds is 5. The third-order valence-electron chi connectivity index (χ3n) is 2.59. The molecule has 0 amide bonds. The second kappa shape index (κ2) is 6.42. The summed E-state index contributed by atoms with van der Waals surface area (Å²) in [5.74, 6) is -1.44. The van der Waals surface area contributed by atoms with Gasteiger partial charge in [0.25, 0.3) is 0 Å². The molecule has 0 unspecified atom stereocenters. The van der Waals surface area contributed by atoms with Crippen molar-refractivity contribution in [3.05, 3.63) is 47.2 Å². The molecule has 0 heterocycles. The summed E-state index contributed by atoms with van der Waals surface area (Å²) in [5.41, 5.74) is 0.535. The largest absolute Gasteiger partial charge is 0.501 e. The van der Waals surface area contributed by atoms with Crippen molar-refractivity contribution in [1.82, 2.24) is 0 Å². The second-order valence-corrected chi connectivity index (χ2v) is 4.10. The van der Waals surface area contributed by atoms with Crippen LogP contribution < -0.4 is 0 Å². The molecule has 0 aliphatic heterocycles. The van der Waals surface area contributed by atoms with Crippen LogP contribution in [0.1, 0.15) is 11.7 Å². The van der Waals surface area contributed by atoms with Crippen LogP contribution in [0, 0.1) is 5.92 Å². The molecule has 0 aliphatic carbocycles. The molecule has 0 saturated heterocycles. The van der Waals surface area contributed by atoms with E-state index in [0.717, 1.165) is 0 Å². The summed E-state index contributed by atoms with van der Waals surface area (Å²) in [5, 5.41) is 10.7. The number of aliphatic hydroxyl groups excluding tert-OH is 1. The van der Waals surface area contributed by atoms with Crippen LogP contribution in [0.5, 0.6) is 0 Å². The van der Waals surface area contributed by atoms with Crippen molar-refractivity contribution in [3.8, 4) is 0 Å². The van der Waals surface area contributed by atoms with Gasteiger partial charge in [0, 0.05) is 5.02 Å². The van der Waals surface area contributed by atoms with E-state index in [9.17, 15) is 9.90 Å². The molecule has 5 heteroatoms. The average molecular weight is 271 g/mol. The smallest absolute Gasteiger partial charge is 0.319 e. The number of hydrogen-bond donors (Lipinski definition) is 1. The van der Waals surface area contributed by atoms with Gasteiger partial charge in [-0.1, -0.05) is 30.3 Å². The zero-order valence-corrected chi connectivity index (χ0v) is 11.0. The van der Waals surface area contributed by atoms with Crippen LogP contribution in [0.15, 0.2) is 36.6 Å². The maximum atomic E-state index is 11.6. The summed E-state index contributed by atoms with van der Waals surface area (Å²) in [4.78, 5) is 11.6. The molecular weight excluding hydrogens is 256 g/mol. The third kappa shape index (κ3) is 3.24. The van der Waals surface area contributed by atoms with Gasteiger partial charge in [0.05, 0.1) is 20.3 Å². The van der Waals surface area contributed by atoms with Gasteiger partial charge in [-0.15, -0.1) is 0 Å². The minimum absolute atomic E-state index is 0.143. The van der Waals surface area contributed by atoms with E-state index in [1.165, 1.54) is 14.2 Å². The molecule has 98 valence electrons. The molecule has 0 aromatic heterocycles. The number of halogens is 1. The van der Waals surface area contributed by atoms with E-state index in [-0.39, 0.29) is 5.76 Å². The van der Waals surface area contributed by atoms with E-state index in [1.807, 2.05) is 0 Å². The van der Waals surface area contributed by atoms with Gasteiger partial charge in [0.2, 0.25) is 0 Å². The summed E-state index contributed by atoms with van der Waals surface area (Å²) in [6.07, 6.45) is -1.10. The van der Waals surface area contributed by atoms with E-state index >= 15 is 0 Å². The quantitative estimate of drug-likeness (QED) is 0.659.